The highest BCUT2D eigenvalue weighted by atomic mass is 32.1. The molecule has 3 heterocycles. The van der Waals surface area contributed by atoms with Crippen LogP contribution in [0.3, 0.4) is 0 Å². The summed E-state index contributed by atoms with van der Waals surface area (Å²) in [4.78, 5) is 53.7. The number of nitrogens with one attached hydrogen (secondary N) is 1. The van der Waals surface area contributed by atoms with Crippen LogP contribution in [-0.2, 0) is 11.3 Å². The topological polar surface area (TPSA) is 95.5 Å². The number of thiophene rings is 1. The molecule has 1 aliphatic heterocycles. The summed E-state index contributed by atoms with van der Waals surface area (Å²) in [6.07, 6.45) is 0. The third-order valence-electron chi connectivity index (χ3n) is 4.83. The second-order valence-corrected chi connectivity index (χ2v) is 7.48. The summed E-state index contributed by atoms with van der Waals surface area (Å²) in [5.41, 5.74) is -0.815. The molecular weight excluding hydrogens is 380 g/mol. The van der Waals surface area contributed by atoms with Crippen LogP contribution in [-0.4, -0.2) is 57.6 Å². The summed E-state index contributed by atoms with van der Waals surface area (Å²) in [6, 6.07) is 10.1. The van der Waals surface area contributed by atoms with Crippen LogP contribution in [0.5, 0.6) is 0 Å². The van der Waals surface area contributed by atoms with Gasteiger partial charge in [-0.05, 0) is 23.6 Å². The molecule has 4 rings (SSSR count). The number of fused-ring (bicyclic) bond motifs is 1. The number of amides is 2. The molecule has 8 nitrogen and oxygen atoms in total. The van der Waals surface area contributed by atoms with Crippen molar-refractivity contribution < 1.29 is 9.59 Å². The fourth-order valence-electron chi connectivity index (χ4n) is 3.31. The highest BCUT2D eigenvalue weighted by Crippen LogP contribution is 2.14. The van der Waals surface area contributed by atoms with E-state index in [-0.39, 0.29) is 23.7 Å². The summed E-state index contributed by atoms with van der Waals surface area (Å²) in [5, 5.41) is 4.91. The molecule has 2 amide bonds. The van der Waals surface area contributed by atoms with E-state index in [0.717, 1.165) is 4.68 Å². The van der Waals surface area contributed by atoms with Crippen molar-refractivity contribution in [1.29, 1.82) is 0 Å². The molecule has 9 heteroatoms. The van der Waals surface area contributed by atoms with E-state index in [1.165, 1.54) is 11.3 Å². The molecule has 0 bridgehead atoms. The monoisotopic (exact) mass is 398 g/mol. The van der Waals surface area contributed by atoms with Gasteiger partial charge >= 0.3 is 0 Å². The largest absolute Gasteiger partial charge is 0.338 e. The predicted octanol–water partition coefficient (Wildman–Crippen LogP) is 0.736. The molecule has 0 spiro atoms. The maximum absolute atomic E-state index is 12.6. The van der Waals surface area contributed by atoms with E-state index in [0.29, 0.717) is 36.4 Å². The molecule has 0 atom stereocenters. The van der Waals surface area contributed by atoms with Crippen LogP contribution in [0.2, 0.25) is 0 Å². The van der Waals surface area contributed by atoms with Crippen LogP contribution in [0.25, 0.3) is 10.8 Å². The average Bonchev–Trinajstić information content (AvgIpc) is 3.26. The number of hydrogen-bond acceptors (Lipinski definition) is 5. The van der Waals surface area contributed by atoms with Crippen LogP contribution >= 0.6 is 11.3 Å². The Morgan fingerprint density at radius 2 is 1.61 bits per heavy atom. The minimum Gasteiger partial charge on any atom is -0.338 e. The van der Waals surface area contributed by atoms with Gasteiger partial charge in [0.05, 0.1) is 15.6 Å². The number of piperazine rings is 1. The van der Waals surface area contributed by atoms with Crippen LogP contribution in [0.15, 0.2) is 51.4 Å². The Balaban J connectivity index is 1.45. The molecule has 0 aliphatic carbocycles. The molecule has 1 saturated heterocycles. The van der Waals surface area contributed by atoms with Crippen molar-refractivity contribution in [2.24, 2.45) is 0 Å². The van der Waals surface area contributed by atoms with Gasteiger partial charge in [0, 0.05) is 26.2 Å². The summed E-state index contributed by atoms with van der Waals surface area (Å²) in [5.74, 6) is -0.298. The van der Waals surface area contributed by atoms with Crippen molar-refractivity contribution in [2.75, 3.05) is 26.2 Å². The molecule has 1 N–H and O–H groups in total. The van der Waals surface area contributed by atoms with E-state index in [1.54, 1.807) is 40.1 Å². The van der Waals surface area contributed by atoms with Crippen LogP contribution in [0.4, 0.5) is 0 Å². The SMILES string of the molecule is O=C(Cn1[nH]c(=O)c2ccccc2c1=O)N1CCN(C(=O)c2cccs2)CC1. The first-order chi connectivity index (χ1) is 13.5. The van der Waals surface area contributed by atoms with E-state index in [1.807, 2.05) is 11.4 Å². The zero-order valence-electron chi connectivity index (χ0n) is 15.0. The fourth-order valence-corrected chi connectivity index (χ4v) is 4.00. The van der Waals surface area contributed by atoms with Gasteiger partial charge in [-0.25, -0.2) is 4.68 Å². The summed E-state index contributed by atoms with van der Waals surface area (Å²) in [7, 11) is 0. The van der Waals surface area contributed by atoms with Crippen molar-refractivity contribution in [1.82, 2.24) is 19.6 Å². The van der Waals surface area contributed by atoms with Gasteiger partial charge < -0.3 is 9.80 Å². The number of nitrogens with zero attached hydrogens (tertiary/aromatic N) is 3. The van der Waals surface area contributed by atoms with Crippen molar-refractivity contribution in [3.63, 3.8) is 0 Å². The lowest BCUT2D eigenvalue weighted by Gasteiger charge is -2.34. The maximum atomic E-state index is 12.6. The summed E-state index contributed by atoms with van der Waals surface area (Å²) < 4.78 is 1.05. The number of aromatic amines is 1. The van der Waals surface area contributed by atoms with Gasteiger partial charge in [0.25, 0.3) is 17.0 Å². The summed E-state index contributed by atoms with van der Waals surface area (Å²) in [6.45, 7) is 1.42. The molecule has 0 unspecified atom stereocenters. The van der Waals surface area contributed by atoms with Crippen molar-refractivity contribution in [3.05, 3.63) is 67.4 Å². The first-order valence-electron chi connectivity index (χ1n) is 8.87. The zero-order valence-corrected chi connectivity index (χ0v) is 15.8. The van der Waals surface area contributed by atoms with Crippen molar-refractivity contribution in [2.45, 2.75) is 6.54 Å². The van der Waals surface area contributed by atoms with E-state index in [9.17, 15) is 19.2 Å². The number of carbonyl (C=O) groups excluding carboxylic acids is 2. The molecule has 1 aromatic carbocycles. The minimum atomic E-state index is -0.408. The van der Waals surface area contributed by atoms with Crippen LogP contribution in [0, 0.1) is 0 Å². The van der Waals surface area contributed by atoms with E-state index in [4.69, 9.17) is 0 Å². The number of benzene rings is 1. The first-order valence-corrected chi connectivity index (χ1v) is 9.75. The van der Waals surface area contributed by atoms with E-state index < -0.39 is 11.1 Å². The first kappa shape index (κ1) is 18.2. The number of hydrogen-bond donors (Lipinski definition) is 1. The van der Waals surface area contributed by atoms with Gasteiger partial charge in [-0.3, -0.25) is 24.3 Å². The molecular formula is C19H18N4O4S. The molecule has 3 aromatic rings. The maximum Gasteiger partial charge on any atom is 0.273 e. The van der Waals surface area contributed by atoms with Gasteiger partial charge in [-0.1, -0.05) is 18.2 Å². The Morgan fingerprint density at radius 3 is 2.29 bits per heavy atom. The number of rotatable bonds is 3. The Morgan fingerprint density at radius 1 is 0.929 bits per heavy atom. The standard InChI is InChI=1S/C19H18N4O4S/c24-16(12-23-18(26)14-5-2-1-4-13(14)17(25)20-23)21-7-9-22(10-8-21)19(27)15-6-3-11-28-15/h1-6,11H,7-10,12H2,(H,20,25). The van der Waals surface area contributed by atoms with Gasteiger partial charge in [-0.2, -0.15) is 0 Å². The fraction of sp³-hybridized carbons (Fsp3) is 0.263. The van der Waals surface area contributed by atoms with Crippen molar-refractivity contribution >= 4 is 33.9 Å². The molecule has 144 valence electrons. The zero-order chi connectivity index (χ0) is 19.7. The summed E-state index contributed by atoms with van der Waals surface area (Å²) >= 11 is 1.39. The predicted molar refractivity (Wildman–Crippen MR) is 106 cm³/mol. The highest BCUT2D eigenvalue weighted by molar-refractivity contribution is 7.12. The number of carbonyl (C=O) groups is 2. The Bertz CT molecular complexity index is 1140. The lowest BCUT2D eigenvalue weighted by molar-refractivity contribution is -0.133. The lowest BCUT2D eigenvalue weighted by atomic mass is 10.2. The number of aromatic nitrogens is 2. The Labute approximate surface area is 163 Å². The second-order valence-electron chi connectivity index (χ2n) is 6.53. The van der Waals surface area contributed by atoms with Gasteiger partial charge in [0.15, 0.2) is 0 Å². The molecule has 0 radical (unpaired) electrons. The van der Waals surface area contributed by atoms with Crippen molar-refractivity contribution in [3.8, 4) is 0 Å². The normalized spacial score (nSPS) is 14.4. The van der Waals surface area contributed by atoms with Gasteiger partial charge in [0.1, 0.15) is 6.54 Å². The number of H-pyrrole nitrogens is 1. The van der Waals surface area contributed by atoms with E-state index in [2.05, 4.69) is 5.10 Å². The molecule has 1 fully saturated rings. The highest BCUT2D eigenvalue weighted by Gasteiger charge is 2.25. The molecule has 0 saturated carbocycles. The molecule has 28 heavy (non-hydrogen) atoms. The third-order valence-corrected chi connectivity index (χ3v) is 5.69. The quantitative estimate of drug-likeness (QED) is 0.704. The van der Waals surface area contributed by atoms with Crippen LogP contribution < -0.4 is 11.1 Å². The lowest BCUT2D eigenvalue weighted by Crippen LogP contribution is -2.51. The van der Waals surface area contributed by atoms with E-state index >= 15 is 0 Å². The smallest absolute Gasteiger partial charge is 0.273 e. The molecule has 1 aliphatic rings. The van der Waals surface area contributed by atoms with Gasteiger partial charge in [-0.15, -0.1) is 11.3 Å². The van der Waals surface area contributed by atoms with Crippen LogP contribution in [0.1, 0.15) is 9.67 Å². The Kier molecular flexibility index (Phi) is 4.82. The van der Waals surface area contributed by atoms with Gasteiger partial charge in [0.2, 0.25) is 5.91 Å². The molecule has 2 aromatic heterocycles. The Hall–Kier alpha value is -3.20. The third kappa shape index (κ3) is 3.36. The average molecular weight is 398 g/mol. The second kappa shape index (κ2) is 7.43. The minimum absolute atomic E-state index is 0.0304.